The van der Waals surface area contributed by atoms with Crippen molar-refractivity contribution in [2.45, 2.75) is 181 Å². The highest BCUT2D eigenvalue weighted by molar-refractivity contribution is 5.74. The van der Waals surface area contributed by atoms with Crippen LogP contribution in [0.15, 0.2) is 0 Å². The second-order valence-corrected chi connectivity index (χ2v) is 16.9. The molecule has 0 bridgehead atoms. The van der Waals surface area contributed by atoms with E-state index in [1.165, 1.54) is 0 Å². The predicted molar refractivity (Wildman–Crippen MR) is 213 cm³/mol. The number of hydrogen-bond acceptors (Lipinski definition) is 26. The molecular formula is C38H64N4O26. The smallest absolute Gasteiger partial charge is 0.217 e. The second-order valence-electron chi connectivity index (χ2n) is 16.9. The van der Waals surface area contributed by atoms with E-state index in [4.69, 9.17) is 42.6 Å². The van der Waals surface area contributed by atoms with E-state index in [2.05, 4.69) is 21.3 Å². The van der Waals surface area contributed by atoms with Crippen molar-refractivity contribution < 1.29 is 128 Å². The molecule has 5 rings (SSSR count). The number of nitrogens with one attached hydrogen (secondary N) is 4. The second kappa shape index (κ2) is 24.4. The summed E-state index contributed by atoms with van der Waals surface area (Å²) in [6.07, 6.45) is -37.2. The number of amides is 4. The van der Waals surface area contributed by atoms with E-state index in [1.807, 2.05) is 0 Å². The lowest BCUT2D eigenvalue weighted by atomic mass is 9.93. The van der Waals surface area contributed by atoms with Crippen LogP contribution in [0.25, 0.3) is 0 Å². The van der Waals surface area contributed by atoms with Crippen molar-refractivity contribution in [3.8, 4) is 0 Å². The minimum absolute atomic E-state index is 0.653. The standard InChI is InChI=1S/C38H64N4O26/c1-10(47)39-19-26(54)24(52)18(61-34(19)59)9-60-35-22(42-13(4)50)33(25(53)15(6-44)62-35)68-37-21(41-12(3)49)28(56)31(16(7-45)64-37)67-38-30(58)29(57)32(17(8-46)65-38)66-36-20(40-11(2)48)27(55)23(51)14(5-43)63-36/h14-38,43-46,51-59H,5-9H2,1-4H3,(H,39,47)(H,40,48)(H,41,49)(H,42,50)/t14-,15-,16-,17-,18-,19-,20-,21-,22-,23-,24+,25-,26-,27-,28-,29-,30-,31-,32+,33-,34-,35-,36-,37+,38+/m1/s1. The van der Waals surface area contributed by atoms with E-state index in [1.54, 1.807) is 0 Å². The van der Waals surface area contributed by atoms with Crippen molar-refractivity contribution in [3.63, 3.8) is 0 Å². The number of ether oxygens (including phenoxy) is 9. The molecule has 25 atom stereocenters. The van der Waals surface area contributed by atoms with Gasteiger partial charge in [0.15, 0.2) is 31.5 Å². The lowest BCUT2D eigenvalue weighted by Crippen LogP contribution is -2.71. The monoisotopic (exact) mass is 992 g/mol. The molecule has 0 spiro atoms. The van der Waals surface area contributed by atoms with Crippen LogP contribution in [0.4, 0.5) is 0 Å². The molecule has 0 aromatic rings. The van der Waals surface area contributed by atoms with Crippen molar-refractivity contribution in [3.05, 3.63) is 0 Å². The Morgan fingerprint density at radius 1 is 0.382 bits per heavy atom. The molecule has 5 saturated heterocycles. The Morgan fingerprint density at radius 2 is 0.765 bits per heavy atom. The molecule has 0 radical (unpaired) electrons. The SMILES string of the molecule is CC(=O)N[C@@H]1[C@@H](O)[C@@H](O)[C@@H](CO[C@@H]2O[C@H](CO)[C@@H](O)[C@H](O[C@@H]3O[C@H](CO)[C@@H](O[C@@H]4O[C@H](CO)[C@H](O[C@H]5O[C@H](CO)[C@@H](O)[C@H](O)[C@H]5NC(C)=O)[C@H](O)[C@H]4O)[C@H](O)[C@H]3NC(C)=O)[C@H]2NC(C)=O)O[C@H]1O. The molecule has 392 valence electrons. The molecule has 5 heterocycles. The van der Waals surface area contributed by atoms with Crippen LogP contribution in [-0.4, -0.2) is 276 Å². The number of carbonyl (C=O) groups is 4. The maximum absolute atomic E-state index is 12.6. The van der Waals surface area contributed by atoms with Gasteiger partial charge in [-0.05, 0) is 0 Å². The minimum atomic E-state index is -2.12. The van der Waals surface area contributed by atoms with Gasteiger partial charge in [-0.15, -0.1) is 0 Å². The zero-order valence-corrected chi connectivity index (χ0v) is 37.1. The highest BCUT2D eigenvalue weighted by atomic mass is 16.8. The van der Waals surface area contributed by atoms with Crippen molar-refractivity contribution >= 4 is 23.6 Å². The van der Waals surface area contributed by atoms with Gasteiger partial charge < -0.3 is 130 Å². The first kappa shape index (κ1) is 55.9. The van der Waals surface area contributed by atoms with Crippen molar-refractivity contribution in [2.75, 3.05) is 33.0 Å². The predicted octanol–water partition coefficient (Wildman–Crippen LogP) is -11.3. The lowest BCUT2D eigenvalue weighted by Gasteiger charge is -2.50. The molecule has 0 aliphatic carbocycles. The van der Waals surface area contributed by atoms with Gasteiger partial charge in [0.1, 0.15) is 122 Å². The fraction of sp³-hybridized carbons (Fsp3) is 0.895. The quantitative estimate of drug-likeness (QED) is 0.0643. The van der Waals surface area contributed by atoms with E-state index in [9.17, 15) is 85.6 Å². The van der Waals surface area contributed by atoms with E-state index in [0.717, 1.165) is 27.7 Å². The summed E-state index contributed by atoms with van der Waals surface area (Å²) in [5.41, 5.74) is 0. The van der Waals surface area contributed by atoms with Gasteiger partial charge in [-0.3, -0.25) is 19.2 Å². The van der Waals surface area contributed by atoms with Gasteiger partial charge in [-0.1, -0.05) is 0 Å². The molecule has 5 fully saturated rings. The summed E-state index contributed by atoms with van der Waals surface area (Å²) in [6.45, 7) is -0.106. The zero-order valence-electron chi connectivity index (χ0n) is 37.1. The van der Waals surface area contributed by atoms with E-state index >= 15 is 0 Å². The molecule has 5 aliphatic rings. The van der Waals surface area contributed by atoms with E-state index in [0.29, 0.717) is 0 Å². The molecule has 30 heteroatoms. The molecule has 68 heavy (non-hydrogen) atoms. The Kier molecular flexibility index (Phi) is 20.1. The Bertz CT molecular complexity index is 1670. The lowest BCUT2D eigenvalue weighted by molar-refractivity contribution is -0.373. The zero-order chi connectivity index (χ0) is 50.5. The number of aliphatic hydroxyl groups excluding tert-OH is 13. The van der Waals surface area contributed by atoms with Gasteiger partial charge in [-0.2, -0.15) is 0 Å². The van der Waals surface area contributed by atoms with Gasteiger partial charge in [0, 0.05) is 27.7 Å². The fourth-order valence-corrected chi connectivity index (χ4v) is 8.55. The van der Waals surface area contributed by atoms with Crippen LogP contribution in [0, 0.1) is 0 Å². The Hall–Kier alpha value is -3.00. The maximum Gasteiger partial charge on any atom is 0.217 e. The summed E-state index contributed by atoms with van der Waals surface area (Å²) >= 11 is 0. The van der Waals surface area contributed by atoms with Gasteiger partial charge in [-0.25, -0.2) is 0 Å². The summed E-state index contributed by atoms with van der Waals surface area (Å²) < 4.78 is 51.9. The molecule has 5 aliphatic heterocycles. The molecule has 0 aromatic heterocycles. The molecule has 17 N–H and O–H groups in total. The van der Waals surface area contributed by atoms with Crippen LogP contribution in [-0.2, 0) is 61.8 Å². The van der Waals surface area contributed by atoms with Gasteiger partial charge in [0.2, 0.25) is 23.6 Å². The van der Waals surface area contributed by atoms with Crippen molar-refractivity contribution in [1.82, 2.24) is 21.3 Å². The van der Waals surface area contributed by atoms with Crippen molar-refractivity contribution in [2.24, 2.45) is 0 Å². The normalized spacial score (nSPS) is 45.5. The third-order valence-electron chi connectivity index (χ3n) is 11.9. The van der Waals surface area contributed by atoms with Crippen LogP contribution in [0.1, 0.15) is 27.7 Å². The molecule has 30 nitrogen and oxygen atoms in total. The molecule has 4 amide bonds. The Balaban J connectivity index is 1.34. The number of rotatable bonds is 17. The molecule has 0 saturated carbocycles. The number of carbonyl (C=O) groups excluding carboxylic acids is 4. The Labute approximate surface area is 386 Å². The van der Waals surface area contributed by atoms with Crippen molar-refractivity contribution in [1.29, 1.82) is 0 Å². The Morgan fingerprint density at radius 3 is 1.29 bits per heavy atom. The van der Waals surface area contributed by atoms with Crippen LogP contribution in [0.5, 0.6) is 0 Å². The molecule has 0 unspecified atom stereocenters. The van der Waals surface area contributed by atoms with Crippen LogP contribution < -0.4 is 21.3 Å². The van der Waals surface area contributed by atoms with E-state index < -0.39 is 210 Å². The largest absolute Gasteiger partial charge is 0.394 e. The van der Waals surface area contributed by atoms with Crippen LogP contribution >= 0.6 is 0 Å². The molecular weight excluding hydrogens is 928 g/mol. The fourth-order valence-electron chi connectivity index (χ4n) is 8.55. The van der Waals surface area contributed by atoms with Gasteiger partial charge in [0.05, 0.1) is 33.0 Å². The first-order valence-corrected chi connectivity index (χ1v) is 21.6. The third kappa shape index (κ3) is 12.7. The summed E-state index contributed by atoms with van der Waals surface area (Å²) in [5.74, 6) is -2.93. The number of aliphatic hydroxyl groups is 13. The van der Waals surface area contributed by atoms with Gasteiger partial charge >= 0.3 is 0 Å². The summed E-state index contributed by atoms with van der Waals surface area (Å²) in [7, 11) is 0. The van der Waals surface area contributed by atoms with Gasteiger partial charge in [0.25, 0.3) is 0 Å². The maximum atomic E-state index is 12.6. The average molecular weight is 993 g/mol. The summed E-state index contributed by atoms with van der Waals surface area (Å²) in [5, 5.41) is 149. The minimum Gasteiger partial charge on any atom is -0.394 e. The highest BCUT2D eigenvalue weighted by Gasteiger charge is 2.56. The van der Waals surface area contributed by atoms with Crippen LogP contribution in [0.3, 0.4) is 0 Å². The first-order valence-electron chi connectivity index (χ1n) is 21.6. The number of hydrogen-bond donors (Lipinski definition) is 17. The first-order chi connectivity index (χ1) is 32.1. The average Bonchev–Trinajstić information content (AvgIpc) is 3.28. The summed E-state index contributed by atoms with van der Waals surface area (Å²) in [6, 6.07) is -6.22. The highest BCUT2D eigenvalue weighted by Crippen LogP contribution is 2.35. The molecule has 0 aromatic carbocycles. The topological polar surface area (TPSA) is 462 Å². The summed E-state index contributed by atoms with van der Waals surface area (Å²) in [4.78, 5) is 48.6. The van der Waals surface area contributed by atoms with E-state index in [-0.39, 0.29) is 0 Å². The third-order valence-corrected chi connectivity index (χ3v) is 11.9. The van der Waals surface area contributed by atoms with Crippen LogP contribution in [0.2, 0.25) is 0 Å².